The summed E-state index contributed by atoms with van der Waals surface area (Å²) in [6, 6.07) is 6.13. The third-order valence-corrected chi connectivity index (χ3v) is 3.51. The van der Waals surface area contributed by atoms with Gasteiger partial charge in [0.15, 0.2) is 0 Å². The van der Waals surface area contributed by atoms with E-state index in [1.807, 2.05) is 6.07 Å². The van der Waals surface area contributed by atoms with Gasteiger partial charge < -0.3 is 9.84 Å². The molecule has 6 heteroatoms. The highest BCUT2D eigenvalue weighted by atomic mass is 16.5. The second kappa shape index (κ2) is 4.78. The number of carbonyl (C=O) groups excluding carboxylic acids is 1. The zero-order valence-electron chi connectivity index (χ0n) is 11.6. The van der Waals surface area contributed by atoms with Crippen LogP contribution < -0.4 is 10.6 Å². The number of carbonyl (C=O) groups is 1. The maximum atomic E-state index is 11.5. The van der Waals surface area contributed by atoms with Crippen LogP contribution in [0.3, 0.4) is 0 Å². The SMILES string of the molecule is CC(=O)N(N)[C@@H]1c2cc(C#N)ccc2OC(C)(C)[C@H]1O. The van der Waals surface area contributed by atoms with E-state index in [1.54, 1.807) is 32.0 Å². The van der Waals surface area contributed by atoms with E-state index in [0.717, 1.165) is 5.01 Å². The van der Waals surface area contributed by atoms with Gasteiger partial charge in [0.25, 0.3) is 0 Å². The molecule has 20 heavy (non-hydrogen) atoms. The van der Waals surface area contributed by atoms with Gasteiger partial charge >= 0.3 is 0 Å². The Labute approximate surface area is 117 Å². The van der Waals surface area contributed by atoms with Crippen molar-refractivity contribution in [1.29, 1.82) is 5.26 Å². The second-order valence-electron chi connectivity index (χ2n) is 5.39. The summed E-state index contributed by atoms with van der Waals surface area (Å²) in [4.78, 5) is 11.5. The van der Waals surface area contributed by atoms with Crippen molar-refractivity contribution in [2.45, 2.75) is 38.5 Å². The molecular formula is C14H17N3O3. The first kappa shape index (κ1) is 14.3. The van der Waals surface area contributed by atoms with Crippen LogP contribution in [0.2, 0.25) is 0 Å². The van der Waals surface area contributed by atoms with E-state index >= 15 is 0 Å². The molecule has 6 nitrogen and oxygen atoms in total. The van der Waals surface area contributed by atoms with Gasteiger partial charge in [0, 0.05) is 12.5 Å². The Kier molecular flexibility index (Phi) is 3.42. The van der Waals surface area contributed by atoms with E-state index in [9.17, 15) is 9.90 Å². The number of nitriles is 1. The topological polar surface area (TPSA) is 99.6 Å². The van der Waals surface area contributed by atoms with Gasteiger partial charge in [0.05, 0.1) is 11.6 Å². The Morgan fingerprint density at radius 2 is 2.20 bits per heavy atom. The summed E-state index contributed by atoms with van der Waals surface area (Å²) in [5, 5.41) is 20.4. The van der Waals surface area contributed by atoms with Gasteiger partial charge in [-0.25, -0.2) is 5.84 Å². The molecule has 2 atom stereocenters. The van der Waals surface area contributed by atoms with Gasteiger partial charge in [-0.05, 0) is 32.0 Å². The predicted molar refractivity (Wildman–Crippen MR) is 71.3 cm³/mol. The zero-order chi connectivity index (χ0) is 15.1. The Morgan fingerprint density at radius 3 is 2.75 bits per heavy atom. The summed E-state index contributed by atoms with van der Waals surface area (Å²) in [5.41, 5.74) is 0.0635. The molecule has 2 rings (SSSR count). The Morgan fingerprint density at radius 1 is 1.55 bits per heavy atom. The van der Waals surface area contributed by atoms with Crippen LogP contribution in [0, 0.1) is 11.3 Å². The minimum atomic E-state index is -1.00. The van der Waals surface area contributed by atoms with Crippen molar-refractivity contribution in [2.75, 3.05) is 0 Å². The molecule has 0 spiro atoms. The number of hydrogen-bond acceptors (Lipinski definition) is 5. The molecular weight excluding hydrogens is 258 g/mol. The fourth-order valence-corrected chi connectivity index (χ4v) is 2.33. The molecule has 3 N–H and O–H groups in total. The highest BCUT2D eigenvalue weighted by molar-refractivity contribution is 5.73. The molecule has 1 aliphatic heterocycles. The number of aliphatic hydroxyl groups excluding tert-OH is 1. The number of amides is 1. The van der Waals surface area contributed by atoms with Crippen LogP contribution in [0.1, 0.15) is 37.9 Å². The highest BCUT2D eigenvalue weighted by Gasteiger charge is 2.45. The van der Waals surface area contributed by atoms with Gasteiger partial charge in [0.2, 0.25) is 5.91 Å². The molecule has 1 aliphatic rings. The van der Waals surface area contributed by atoms with Crippen LogP contribution in [0.25, 0.3) is 0 Å². The van der Waals surface area contributed by atoms with Crippen molar-refractivity contribution in [1.82, 2.24) is 5.01 Å². The Bertz CT molecular complexity index is 592. The normalized spacial score (nSPS) is 23.2. The molecule has 0 aromatic heterocycles. The molecule has 0 saturated heterocycles. The highest BCUT2D eigenvalue weighted by Crippen LogP contribution is 2.42. The molecule has 0 saturated carbocycles. The van der Waals surface area contributed by atoms with Gasteiger partial charge in [0.1, 0.15) is 23.5 Å². The summed E-state index contributed by atoms with van der Waals surface area (Å²) in [5.74, 6) is 5.93. The first-order valence-electron chi connectivity index (χ1n) is 6.23. The third-order valence-electron chi connectivity index (χ3n) is 3.51. The maximum absolute atomic E-state index is 11.5. The monoisotopic (exact) mass is 275 g/mol. The summed E-state index contributed by atoms with van der Waals surface area (Å²) in [6.45, 7) is 4.77. The van der Waals surface area contributed by atoms with Crippen molar-refractivity contribution in [2.24, 2.45) is 5.84 Å². The molecule has 1 aromatic rings. The lowest BCUT2D eigenvalue weighted by Crippen LogP contribution is -2.56. The quantitative estimate of drug-likeness (QED) is 0.450. The second-order valence-corrected chi connectivity index (χ2v) is 5.39. The molecule has 1 heterocycles. The molecule has 0 fully saturated rings. The number of rotatable bonds is 1. The van der Waals surface area contributed by atoms with E-state index < -0.39 is 17.7 Å². The van der Waals surface area contributed by atoms with Crippen molar-refractivity contribution in [3.8, 4) is 11.8 Å². The lowest BCUT2D eigenvalue weighted by molar-refractivity contribution is -0.142. The van der Waals surface area contributed by atoms with Crippen LogP contribution in [-0.2, 0) is 4.79 Å². The molecule has 106 valence electrons. The van der Waals surface area contributed by atoms with Crippen molar-refractivity contribution in [3.05, 3.63) is 29.3 Å². The third kappa shape index (κ3) is 2.22. The average molecular weight is 275 g/mol. The Balaban J connectivity index is 2.60. The number of fused-ring (bicyclic) bond motifs is 1. The number of hydrogen-bond donors (Lipinski definition) is 2. The van der Waals surface area contributed by atoms with E-state index in [1.165, 1.54) is 6.92 Å². The van der Waals surface area contributed by atoms with Crippen LogP contribution in [0.15, 0.2) is 18.2 Å². The number of aliphatic hydroxyl groups is 1. The molecule has 1 aromatic carbocycles. The molecule has 0 unspecified atom stereocenters. The average Bonchev–Trinajstić information content (AvgIpc) is 2.38. The van der Waals surface area contributed by atoms with Crippen molar-refractivity contribution < 1.29 is 14.6 Å². The van der Waals surface area contributed by atoms with Crippen LogP contribution in [0.4, 0.5) is 0 Å². The minimum absolute atomic E-state index is 0.375. The zero-order valence-corrected chi connectivity index (χ0v) is 11.6. The molecule has 0 bridgehead atoms. The lowest BCUT2D eigenvalue weighted by atomic mass is 9.85. The number of nitrogens with two attached hydrogens (primary N) is 1. The van der Waals surface area contributed by atoms with Gasteiger partial charge in [-0.1, -0.05) is 0 Å². The number of hydrazine groups is 1. The van der Waals surface area contributed by atoms with Crippen LogP contribution in [-0.4, -0.2) is 27.7 Å². The van der Waals surface area contributed by atoms with Crippen LogP contribution in [0.5, 0.6) is 5.75 Å². The largest absolute Gasteiger partial charge is 0.485 e. The van der Waals surface area contributed by atoms with E-state index in [4.69, 9.17) is 15.8 Å². The lowest BCUT2D eigenvalue weighted by Gasteiger charge is -2.44. The fraction of sp³-hybridized carbons (Fsp3) is 0.429. The smallest absolute Gasteiger partial charge is 0.234 e. The van der Waals surface area contributed by atoms with Crippen molar-refractivity contribution >= 4 is 5.91 Å². The van der Waals surface area contributed by atoms with E-state index in [0.29, 0.717) is 16.9 Å². The Hall–Kier alpha value is -2.10. The molecule has 1 amide bonds. The van der Waals surface area contributed by atoms with Crippen LogP contribution >= 0.6 is 0 Å². The summed E-state index contributed by atoms with van der Waals surface area (Å²) in [6.07, 6.45) is -1.00. The number of nitrogens with zero attached hydrogens (tertiary/aromatic N) is 2. The molecule has 0 radical (unpaired) electrons. The van der Waals surface area contributed by atoms with E-state index in [2.05, 4.69) is 0 Å². The number of benzene rings is 1. The standard InChI is InChI=1S/C14H17N3O3/c1-8(18)17(16)12-10-6-9(7-15)4-5-11(10)20-14(2,3)13(12)19/h4-6,12-13,19H,16H2,1-3H3/t12-,13+/m1/s1. The minimum Gasteiger partial charge on any atom is -0.485 e. The summed E-state index contributed by atoms with van der Waals surface area (Å²) in [7, 11) is 0. The summed E-state index contributed by atoms with van der Waals surface area (Å²) < 4.78 is 5.74. The maximum Gasteiger partial charge on any atom is 0.234 e. The summed E-state index contributed by atoms with van der Waals surface area (Å²) >= 11 is 0. The van der Waals surface area contributed by atoms with Gasteiger partial charge in [-0.15, -0.1) is 0 Å². The first-order chi connectivity index (χ1) is 9.27. The van der Waals surface area contributed by atoms with Gasteiger partial charge in [-0.3, -0.25) is 9.80 Å². The number of ether oxygens (including phenoxy) is 1. The molecule has 0 aliphatic carbocycles. The first-order valence-corrected chi connectivity index (χ1v) is 6.23. The fourth-order valence-electron chi connectivity index (χ4n) is 2.33. The van der Waals surface area contributed by atoms with E-state index in [-0.39, 0.29) is 5.91 Å². The predicted octanol–water partition coefficient (Wildman–Crippen LogP) is 0.853. The van der Waals surface area contributed by atoms with Gasteiger partial charge in [-0.2, -0.15) is 5.26 Å². The van der Waals surface area contributed by atoms with Crippen molar-refractivity contribution in [3.63, 3.8) is 0 Å².